The molecule has 0 amide bonds. The fourth-order valence-corrected chi connectivity index (χ4v) is 6.36. The second-order valence-corrected chi connectivity index (χ2v) is 9.17. The molecule has 0 aromatic heterocycles. The van der Waals surface area contributed by atoms with Crippen LogP contribution in [0.15, 0.2) is 22.8 Å². The van der Waals surface area contributed by atoms with Crippen molar-refractivity contribution in [2.45, 2.75) is 45.1 Å². The lowest BCUT2D eigenvalue weighted by atomic mass is 9.49. The first-order chi connectivity index (χ1) is 14.9. The molecular formula is C23H25F2NO5. The van der Waals surface area contributed by atoms with E-state index in [0.29, 0.717) is 29.2 Å². The summed E-state index contributed by atoms with van der Waals surface area (Å²) in [5.41, 5.74) is 0.583. The molecule has 4 aliphatic carbocycles. The molecule has 4 saturated carbocycles. The molecule has 31 heavy (non-hydrogen) atoms. The first kappa shape index (κ1) is 20.3. The molecule has 8 heteroatoms. The van der Waals surface area contributed by atoms with Gasteiger partial charge < -0.3 is 18.9 Å². The molecule has 0 spiro atoms. The average molecular weight is 433 g/mol. The van der Waals surface area contributed by atoms with Crippen LogP contribution in [0.1, 0.15) is 44.1 Å². The van der Waals surface area contributed by atoms with E-state index in [2.05, 4.69) is 9.73 Å². The lowest BCUT2D eigenvalue weighted by Crippen LogP contribution is -2.50. The van der Waals surface area contributed by atoms with Crippen molar-refractivity contribution in [2.24, 2.45) is 28.2 Å². The lowest BCUT2D eigenvalue weighted by Gasteiger charge is -2.55. The number of cyclic esters (lactones) is 1. The molecule has 6 nitrogen and oxygen atoms in total. The summed E-state index contributed by atoms with van der Waals surface area (Å²) in [4.78, 5) is 17.2. The molecule has 4 bridgehead atoms. The Balaban J connectivity index is 1.47. The van der Waals surface area contributed by atoms with Gasteiger partial charge in [0, 0.05) is 5.41 Å². The molecule has 5 aliphatic rings. The maximum atomic E-state index is 12.8. The van der Waals surface area contributed by atoms with Crippen LogP contribution >= 0.6 is 0 Å². The van der Waals surface area contributed by atoms with E-state index in [0.717, 1.165) is 19.3 Å². The minimum absolute atomic E-state index is 0.0724. The van der Waals surface area contributed by atoms with Gasteiger partial charge in [0.05, 0.1) is 14.2 Å². The van der Waals surface area contributed by atoms with E-state index in [9.17, 15) is 13.6 Å². The first-order valence-electron chi connectivity index (χ1n) is 10.6. The van der Waals surface area contributed by atoms with E-state index in [1.165, 1.54) is 45.6 Å². The number of esters is 1. The maximum absolute atomic E-state index is 12.8. The van der Waals surface area contributed by atoms with Gasteiger partial charge >= 0.3 is 12.6 Å². The minimum Gasteiger partial charge on any atom is -0.493 e. The number of hydrogen-bond acceptors (Lipinski definition) is 6. The van der Waals surface area contributed by atoms with Crippen LogP contribution in [0.5, 0.6) is 17.2 Å². The highest BCUT2D eigenvalue weighted by Gasteiger charge is 2.55. The van der Waals surface area contributed by atoms with Crippen molar-refractivity contribution >= 4 is 17.9 Å². The molecule has 4 fully saturated rings. The van der Waals surface area contributed by atoms with Crippen molar-refractivity contribution in [2.75, 3.05) is 14.2 Å². The first-order valence-corrected chi connectivity index (χ1v) is 10.6. The highest BCUT2D eigenvalue weighted by atomic mass is 19.3. The molecule has 1 aromatic rings. The molecule has 1 aliphatic heterocycles. The number of carbonyl (C=O) groups is 1. The number of hydrogen-bond donors (Lipinski definition) is 0. The highest BCUT2D eigenvalue weighted by molar-refractivity contribution is 6.09. The Morgan fingerprint density at radius 3 is 2.10 bits per heavy atom. The third kappa shape index (κ3) is 3.55. The molecule has 0 unspecified atom stereocenters. The number of rotatable bonds is 6. The zero-order chi connectivity index (χ0) is 21.8. The van der Waals surface area contributed by atoms with Crippen LogP contribution in [0.3, 0.4) is 0 Å². The van der Waals surface area contributed by atoms with Gasteiger partial charge in [-0.1, -0.05) is 0 Å². The Morgan fingerprint density at radius 1 is 1.06 bits per heavy atom. The second-order valence-electron chi connectivity index (χ2n) is 9.17. The van der Waals surface area contributed by atoms with Crippen molar-refractivity contribution in [1.82, 2.24) is 0 Å². The molecule has 0 N–H and O–H groups in total. The number of nitrogens with zero attached hydrogens (tertiary/aromatic N) is 1. The summed E-state index contributed by atoms with van der Waals surface area (Å²) >= 11 is 0. The third-order valence-electron chi connectivity index (χ3n) is 7.11. The zero-order valence-electron chi connectivity index (χ0n) is 17.5. The number of methoxy groups -OCH3 is 2. The van der Waals surface area contributed by atoms with Crippen LogP contribution in [0.25, 0.3) is 6.08 Å². The second kappa shape index (κ2) is 7.50. The largest absolute Gasteiger partial charge is 0.493 e. The Labute approximate surface area is 179 Å². The van der Waals surface area contributed by atoms with Gasteiger partial charge in [-0.25, -0.2) is 9.79 Å². The van der Waals surface area contributed by atoms with Crippen LogP contribution in [0, 0.1) is 23.2 Å². The standard InChI is InChI=1S/C23H25F2NO5/c1-28-17-7-12(8-18(29-2)19(17)30-22(24)25)6-16-20(27)31-21(26-16)23-9-13-3-14(10-23)5-15(4-13)11-23/h6-8,13-15,22H,3-5,9-11H2,1-2H3/b16-6-. The zero-order valence-corrected chi connectivity index (χ0v) is 17.5. The number of benzene rings is 1. The molecule has 1 heterocycles. The van der Waals surface area contributed by atoms with Gasteiger partial charge in [0.15, 0.2) is 17.2 Å². The van der Waals surface area contributed by atoms with Crippen LogP contribution in [0.4, 0.5) is 8.78 Å². The van der Waals surface area contributed by atoms with Crippen molar-refractivity contribution in [3.8, 4) is 17.2 Å². The summed E-state index contributed by atoms with van der Waals surface area (Å²) in [6, 6.07) is 3.00. The predicted molar refractivity (Wildman–Crippen MR) is 108 cm³/mol. The summed E-state index contributed by atoms with van der Waals surface area (Å²) in [6.07, 6.45) is 8.55. The Bertz CT molecular complexity index is 910. The molecule has 1 aromatic carbocycles. The lowest BCUT2D eigenvalue weighted by molar-refractivity contribution is -0.131. The Morgan fingerprint density at radius 2 is 1.61 bits per heavy atom. The van der Waals surface area contributed by atoms with Gasteiger partial charge in [-0.3, -0.25) is 0 Å². The monoisotopic (exact) mass is 433 g/mol. The smallest absolute Gasteiger partial charge is 0.387 e. The molecular weight excluding hydrogens is 408 g/mol. The van der Waals surface area contributed by atoms with E-state index >= 15 is 0 Å². The van der Waals surface area contributed by atoms with E-state index < -0.39 is 12.6 Å². The van der Waals surface area contributed by atoms with E-state index in [-0.39, 0.29) is 28.4 Å². The number of carbonyl (C=O) groups excluding carboxylic acids is 1. The van der Waals surface area contributed by atoms with Gasteiger partial charge in [0.2, 0.25) is 11.6 Å². The maximum Gasteiger partial charge on any atom is 0.387 e. The van der Waals surface area contributed by atoms with E-state index in [4.69, 9.17) is 14.2 Å². The van der Waals surface area contributed by atoms with Crippen LogP contribution in [-0.4, -0.2) is 32.7 Å². The van der Waals surface area contributed by atoms with Gasteiger partial charge in [0.1, 0.15) is 0 Å². The molecule has 6 rings (SSSR count). The van der Waals surface area contributed by atoms with Gasteiger partial charge in [-0.2, -0.15) is 8.78 Å². The topological polar surface area (TPSA) is 66.4 Å². The van der Waals surface area contributed by atoms with Crippen LogP contribution in [0.2, 0.25) is 0 Å². The molecule has 0 atom stereocenters. The van der Waals surface area contributed by atoms with Gasteiger partial charge in [-0.05, 0) is 80.1 Å². The SMILES string of the molecule is COc1cc(/C=C2\N=C(C34CC5CC(CC(C5)C3)C4)OC2=O)cc(OC)c1OC(F)F. The fraction of sp³-hybridized carbons (Fsp3) is 0.565. The van der Waals surface area contributed by atoms with Crippen molar-refractivity contribution in [3.05, 3.63) is 23.4 Å². The Hall–Kier alpha value is -2.64. The van der Waals surface area contributed by atoms with Gasteiger partial charge in [0.25, 0.3) is 0 Å². The fourth-order valence-electron chi connectivity index (χ4n) is 6.36. The quantitative estimate of drug-likeness (QED) is 0.475. The molecule has 0 saturated heterocycles. The molecule has 0 radical (unpaired) electrons. The minimum atomic E-state index is -3.02. The summed E-state index contributed by atoms with van der Waals surface area (Å²) in [5, 5.41) is 0. The van der Waals surface area contributed by atoms with Crippen LogP contribution in [-0.2, 0) is 9.53 Å². The number of aliphatic imine (C=N–C) groups is 1. The summed E-state index contributed by atoms with van der Waals surface area (Å²) in [5.74, 6) is 2.13. The number of alkyl halides is 2. The summed E-state index contributed by atoms with van der Waals surface area (Å²) < 4.78 is 46.1. The third-order valence-corrected chi connectivity index (χ3v) is 7.11. The van der Waals surface area contributed by atoms with Crippen molar-refractivity contribution in [3.63, 3.8) is 0 Å². The average Bonchev–Trinajstić information content (AvgIpc) is 3.08. The van der Waals surface area contributed by atoms with Crippen molar-refractivity contribution < 1.29 is 32.5 Å². The molecule has 166 valence electrons. The van der Waals surface area contributed by atoms with Crippen molar-refractivity contribution in [1.29, 1.82) is 0 Å². The number of ether oxygens (including phenoxy) is 4. The normalized spacial score (nSPS) is 32.4. The van der Waals surface area contributed by atoms with E-state index in [1.54, 1.807) is 6.08 Å². The Kier molecular flexibility index (Phi) is 4.90. The van der Waals surface area contributed by atoms with E-state index in [1.807, 2.05) is 0 Å². The summed E-state index contributed by atoms with van der Waals surface area (Å²) in [7, 11) is 2.69. The number of halogens is 2. The predicted octanol–water partition coefficient (Wildman–Crippen LogP) is 4.82. The van der Waals surface area contributed by atoms with Gasteiger partial charge in [-0.15, -0.1) is 0 Å². The summed E-state index contributed by atoms with van der Waals surface area (Å²) in [6.45, 7) is -3.02. The highest BCUT2D eigenvalue weighted by Crippen LogP contribution is 2.61. The van der Waals surface area contributed by atoms with Crippen LogP contribution < -0.4 is 14.2 Å².